The van der Waals surface area contributed by atoms with Gasteiger partial charge in [-0.3, -0.25) is 9.59 Å². The van der Waals surface area contributed by atoms with Crippen LogP contribution in [0.2, 0.25) is 0 Å². The fourth-order valence-corrected chi connectivity index (χ4v) is 7.85. The number of rotatable bonds is 8. The first-order chi connectivity index (χ1) is 16.7. The SMILES string of the molecule is CCCc1nc(NCC2CCC(C(=O)O)CC2)c(S)cc1C(=O)N[C@H]1C2CC3CC1C[C@@](O)(C3)C2. The molecule has 5 aliphatic carbocycles. The number of aryl methyl sites for hydroxylation is 1. The van der Waals surface area contributed by atoms with Gasteiger partial charge in [0.25, 0.3) is 5.91 Å². The number of amides is 1. The van der Waals surface area contributed by atoms with Gasteiger partial charge in [0, 0.05) is 17.5 Å². The molecule has 1 amide bonds. The number of carboxylic acids is 1. The summed E-state index contributed by atoms with van der Waals surface area (Å²) in [6, 6.07) is 1.99. The van der Waals surface area contributed by atoms with Crippen molar-refractivity contribution in [2.75, 3.05) is 11.9 Å². The summed E-state index contributed by atoms with van der Waals surface area (Å²) in [5.74, 6) is 1.50. The lowest BCUT2D eigenvalue weighted by molar-refractivity contribution is -0.143. The Hall–Kier alpha value is -1.80. The van der Waals surface area contributed by atoms with Gasteiger partial charge in [0.05, 0.1) is 22.8 Å². The second-order valence-electron chi connectivity index (χ2n) is 11.7. The van der Waals surface area contributed by atoms with Gasteiger partial charge in [-0.05, 0) is 93.9 Å². The van der Waals surface area contributed by atoms with Crippen molar-refractivity contribution in [3.05, 3.63) is 17.3 Å². The average Bonchev–Trinajstić information content (AvgIpc) is 2.80. The lowest BCUT2D eigenvalue weighted by atomic mass is 9.52. The molecule has 0 radical (unpaired) electrons. The third-order valence-corrected chi connectivity index (χ3v) is 9.45. The summed E-state index contributed by atoms with van der Waals surface area (Å²) in [5, 5.41) is 26.9. The highest BCUT2D eigenvalue weighted by Gasteiger charge is 2.55. The second-order valence-corrected chi connectivity index (χ2v) is 12.2. The molecule has 35 heavy (non-hydrogen) atoms. The molecule has 1 aromatic heterocycles. The number of thiol groups is 1. The number of carboxylic acid groups (broad SMARTS) is 1. The molecule has 5 aliphatic rings. The number of aliphatic hydroxyl groups is 1. The Kier molecular flexibility index (Phi) is 7.05. The van der Waals surface area contributed by atoms with Crippen LogP contribution in [0.4, 0.5) is 5.82 Å². The average molecular weight is 502 g/mol. The summed E-state index contributed by atoms with van der Waals surface area (Å²) in [5.41, 5.74) is 0.893. The number of pyridine rings is 1. The number of carbonyl (C=O) groups excluding carboxylic acids is 1. The van der Waals surface area contributed by atoms with Crippen molar-refractivity contribution in [1.82, 2.24) is 10.3 Å². The van der Waals surface area contributed by atoms with E-state index in [1.165, 1.54) is 0 Å². The number of aromatic nitrogens is 1. The van der Waals surface area contributed by atoms with E-state index in [0.717, 1.165) is 76.4 Å². The predicted molar refractivity (Wildman–Crippen MR) is 137 cm³/mol. The van der Waals surface area contributed by atoms with E-state index >= 15 is 0 Å². The Morgan fingerprint density at radius 2 is 1.83 bits per heavy atom. The maximum atomic E-state index is 13.5. The Morgan fingerprint density at radius 1 is 1.14 bits per heavy atom. The lowest BCUT2D eigenvalue weighted by Crippen LogP contribution is -2.61. The van der Waals surface area contributed by atoms with Crippen LogP contribution in [0.5, 0.6) is 0 Å². The molecule has 1 heterocycles. The topological polar surface area (TPSA) is 112 Å². The second kappa shape index (κ2) is 9.92. The number of aliphatic carboxylic acids is 1. The molecule has 0 spiro atoms. The quantitative estimate of drug-likeness (QED) is 0.340. The molecule has 192 valence electrons. The first-order valence-corrected chi connectivity index (χ1v) is 13.9. The minimum absolute atomic E-state index is 0.0701. The molecular weight excluding hydrogens is 462 g/mol. The van der Waals surface area contributed by atoms with E-state index in [-0.39, 0.29) is 17.9 Å². The van der Waals surface area contributed by atoms with E-state index in [1.54, 1.807) is 0 Å². The Morgan fingerprint density at radius 3 is 2.43 bits per heavy atom. The van der Waals surface area contributed by atoms with Gasteiger partial charge in [-0.25, -0.2) is 4.98 Å². The van der Waals surface area contributed by atoms with Gasteiger partial charge in [-0.1, -0.05) is 13.3 Å². The molecule has 2 unspecified atom stereocenters. The molecule has 1 aromatic rings. The molecule has 4 bridgehead atoms. The summed E-state index contributed by atoms with van der Waals surface area (Å²) in [6.07, 6.45) is 9.62. The van der Waals surface area contributed by atoms with Gasteiger partial charge in [0.15, 0.2) is 0 Å². The van der Waals surface area contributed by atoms with Gasteiger partial charge in [0.1, 0.15) is 5.82 Å². The summed E-state index contributed by atoms with van der Waals surface area (Å²) in [4.78, 5) is 30.1. The Balaban J connectivity index is 1.25. The van der Waals surface area contributed by atoms with E-state index in [4.69, 9.17) is 4.98 Å². The highest BCUT2D eigenvalue weighted by atomic mass is 32.1. The lowest BCUT2D eigenvalue weighted by Gasteiger charge is -2.58. The highest BCUT2D eigenvalue weighted by molar-refractivity contribution is 7.80. The monoisotopic (exact) mass is 501 g/mol. The van der Waals surface area contributed by atoms with E-state index in [2.05, 4.69) is 30.2 Å². The molecule has 5 saturated carbocycles. The third-order valence-electron chi connectivity index (χ3n) is 9.11. The first-order valence-electron chi connectivity index (χ1n) is 13.5. The molecule has 2 atom stereocenters. The van der Waals surface area contributed by atoms with Crippen LogP contribution >= 0.6 is 12.6 Å². The van der Waals surface area contributed by atoms with Gasteiger partial charge in [-0.15, -0.1) is 12.6 Å². The third kappa shape index (κ3) is 5.19. The van der Waals surface area contributed by atoms with Crippen molar-refractivity contribution in [3.63, 3.8) is 0 Å². The van der Waals surface area contributed by atoms with Crippen LogP contribution in [0.15, 0.2) is 11.0 Å². The molecule has 8 heteroatoms. The van der Waals surface area contributed by atoms with E-state index in [9.17, 15) is 19.8 Å². The summed E-state index contributed by atoms with van der Waals surface area (Å²) >= 11 is 4.66. The molecular formula is C27H39N3O4S. The van der Waals surface area contributed by atoms with Crippen molar-refractivity contribution in [2.45, 2.75) is 94.1 Å². The van der Waals surface area contributed by atoms with Crippen molar-refractivity contribution < 1.29 is 19.8 Å². The predicted octanol–water partition coefficient (Wildman–Crippen LogP) is 4.30. The van der Waals surface area contributed by atoms with Crippen molar-refractivity contribution in [1.29, 1.82) is 0 Å². The van der Waals surface area contributed by atoms with Crippen molar-refractivity contribution >= 4 is 30.3 Å². The van der Waals surface area contributed by atoms with Crippen LogP contribution in [0.25, 0.3) is 0 Å². The van der Waals surface area contributed by atoms with Gasteiger partial charge in [-0.2, -0.15) is 0 Å². The smallest absolute Gasteiger partial charge is 0.306 e. The molecule has 6 rings (SSSR count). The van der Waals surface area contributed by atoms with Crippen LogP contribution in [-0.2, 0) is 11.2 Å². The minimum atomic E-state index is -0.682. The summed E-state index contributed by atoms with van der Waals surface area (Å²) in [6.45, 7) is 2.82. The molecule has 0 saturated heterocycles. The highest BCUT2D eigenvalue weighted by Crippen LogP contribution is 2.55. The molecule has 7 nitrogen and oxygen atoms in total. The number of carbonyl (C=O) groups is 2. The van der Waals surface area contributed by atoms with Gasteiger partial charge >= 0.3 is 5.97 Å². The Bertz CT molecular complexity index is 961. The normalized spacial score (nSPS) is 35.6. The van der Waals surface area contributed by atoms with Crippen LogP contribution in [-0.4, -0.2) is 45.3 Å². The standard InChI is InChI=1S/C27H39N3O4S/c1-2-3-21-20(25(31)30-23-18-8-16-9-19(23)13-27(34,11-16)12-18)10-22(35)24(29-21)28-14-15-4-6-17(7-5-15)26(32)33/h10,15-19,23,34-35H,2-9,11-14H2,1H3,(H,28,29)(H,30,31)(H,32,33)/t15?,16?,17?,18?,19?,23-,27+. The molecule has 5 fully saturated rings. The molecule has 0 aliphatic heterocycles. The van der Waals surface area contributed by atoms with E-state index in [0.29, 0.717) is 46.4 Å². The number of hydrogen-bond acceptors (Lipinski definition) is 6. The Labute approximate surface area is 213 Å². The number of nitrogens with zero attached hydrogens (tertiary/aromatic N) is 1. The number of nitrogens with one attached hydrogen (secondary N) is 2. The zero-order valence-corrected chi connectivity index (χ0v) is 21.5. The minimum Gasteiger partial charge on any atom is -0.481 e. The summed E-state index contributed by atoms with van der Waals surface area (Å²) in [7, 11) is 0. The van der Waals surface area contributed by atoms with Crippen molar-refractivity contribution in [3.8, 4) is 0 Å². The van der Waals surface area contributed by atoms with Gasteiger partial charge < -0.3 is 20.8 Å². The number of hydrogen-bond donors (Lipinski definition) is 5. The van der Waals surface area contributed by atoms with Crippen LogP contribution in [0, 0.1) is 29.6 Å². The molecule has 0 aromatic carbocycles. The van der Waals surface area contributed by atoms with Crippen LogP contribution < -0.4 is 10.6 Å². The van der Waals surface area contributed by atoms with E-state index in [1.807, 2.05) is 6.07 Å². The zero-order valence-electron chi connectivity index (χ0n) is 20.6. The maximum absolute atomic E-state index is 13.5. The largest absolute Gasteiger partial charge is 0.481 e. The molecule has 4 N–H and O–H groups in total. The van der Waals surface area contributed by atoms with Gasteiger partial charge in [0.2, 0.25) is 0 Å². The number of anilines is 1. The van der Waals surface area contributed by atoms with Crippen molar-refractivity contribution in [2.24, 2.45) is 29.6 Å². The summed E-state index contributed by atoms with van der Waals surface area (Å²) < 4.78 is 0. The van der Waals surface area contributed by atoms with Crippen LogP contribution in [0.3, 0.4) is 0 Å². The fraction of sp³-hybridized carbons (Fsp3) is 0.741. The van der Waals surface area contributed by atoms with Crippen LogP contribution in [0.1, 0.15) is 87.2 Å². The first kappa shape index (κ1) is 24.9. The fourth-order valence-electron chi connectivity index (χ4n) is 7.60. The maximum Gasteiger partial charge on any atom is 0.306 e. The van der Waals surface area contributed by atoms with E-state index < -0.39 is 11.6 Å². The zero-order chi connectivity index (χ0) is 24.7.